The molecular weight excluding hydrogens is 176 g/mol. The lowest BCUT2D eigenvalue weighted by atomic mass is 10.2. The Morgan fingerprint density at radius 2 is 2.14 bits per heavy atom. The Morgan fingerprint density at radius 1 is 1.43 bits per heavy atom. The van der Waals surface area contributed by atoms with E-state index in [9.17, 15) is 4.79 Å². The van der Waals surface area contributed by atoms with Crippen molar-refractivity contribution in [3.05, 3.63) is 33.7 Å². The van der Waals surface area contributed by atoms with Crippen LogP contribution in [0.25, 0.3) is 0 Å². The van der Waals surface area contributed by atoms with Crippen LogP contribution in [0.2, 0.25) is 0 Å². The van der Waals surface area contributed by atoms with Crippen molar-refractivity contribution in [1.82, 2.24) is 4.57 Å². The zero-order chi connectivity index (χ0) is 10.6. The molecule has 0 saturated heterocycles. The van der Waals surface area contributed by atoms with Gasteiger partial charge in [-0.15, -0.1) is 0 Å². The lowest BCUT2D eigenvalue weighted by Gasteiger charge is -2.10. The molecular formula is C11H18N2O. The van der Waals surface area contributed by atoms with Crippen LogP contribution in [0.4, 0.5) is 0 Å². The molecule has 1 aromatic heterocycles. The monoisotopic (exact) mass is 194 g/mol. The van der Waals surface area contributed by atoms with Gasteiger partial charge in [0.05, 0.1) is 0 Å². The molecule has 78 valence electrons. The summed E-state index contributed by atoms with van der Waals surface area (Å²) < 4.78 is 1.81. The van der Waals surface area contributed by atoms with Crippen LogP contribution in [-0.2, 0) is 13.1 Å². The summed E-state index contributed by atoms with van der Waals surface area (Å²) in [6, 6.07) is 3.78. The van der Waals surface area contributed by atoms with Crippen molar-refractivity contribution in [1.29, 1.82) is 0 Å². The van der Waals surface area contributed by atoms with E-state index < -0.39 is 0 Å². The minimum atomic E-state index is 0.0703. The molecule has 0 aliphatic rings. The number of aromatic nitrogens is 1. The highest BCUT2D eigenvalue weighted by atomic mass is 16.1. The van der Waals surface area contributed by atoms with Crippen LogP contribution in [0.5, 0.6) is 0 Å². The Morgan fingerprint density at radius 3 is 2.71 bits per heavy atom. The van der Waals surface area contributed by atoms with E-state index in [0.717, 1.165) is 25.1 Å². The molecule has 0 fully saturated rings. The molecule has 0 bridgehead atoms. The lowest BCUT2D eigenvalue weighted by Crippen LogP contribution is -2.26. The van der Waals surface area contributed by atoms with Gasteiger partial charge in [0.25, 0.3) is 5.56 Å². The zero-order valence-electron chi connectivity index (χ0n) is 8.92. The number of hydrogen-bond acceptors (Lipinski definition) is 2. The largest absolute Gasteiger partial charge is 0.326 e. The Hall–Kier alpha value is -1.09. The summed E-state index contributed by atoms with van der Waals surface area (Å²) >= 11 is 0. The second-order valence-electron chi connectivity index (χ2n) is 3.51. The highest BCUT2D eigenvalue weighted by molar-refractivity contribution is 5.15. The highest BCUT2D eigenvalue weighted by Crippen LogP contribution is 2.00. The van der Waals surface area contributed by atoms with E-state index >= 15 is 0 Å². The predicted octanol–water partition coefficient (Wildman–Crippen LogP) is 1.42. The molecule has 2 N–H and O–H groups in total. The van der Waals surface area contributed by atoms with Crippen molar-refractivity contribution in [3.8, 4) is 0 Å². The predicted molar refractivity (Wildman–Crippen MR) is 58.2 cm³/mol. The maximum absolute atomic E-state index is 11.8. The number of rotatable bonds is 4. The van der Waals surface area contributed by atoms with Gasteiger partial charge in [-0.25, -0.2) is 0 Å². The summed E-state index contributed by atoms with van der Waals surface area (Å²) in [6.45, 7) is 5.20. The molecule has 0 aliphatic heterocycles. The second-order valence-corrected chi connectivity index (χ2v) is 3.51. The smallest absolute Gasteiger partial charge is 0.255 e. The molecule has 0 spiro atoms. The van der Waals surface area contributed by atoms with Crippen molar-refractivity contribution in [2.75, 3.05) is 0 Å². The quantitative estimate of drug-likeness (QED) is 0.788. The molecule has 0 amide bonds. The maximum atomic E-state index is 11.8. The third-order valence-electron chi connectivity index (χ3n) is 2.43. The fourth-order valence-electron chi connectivity index (χ4n) is 1.47. The van der Waals surface area contributed by atoms with E-state index in [1.807, 2.05) is 23.6 Å². The van der Waals surface area contributed by atoms with Crippen molar-refractivity contribution in [2.45, 2.75) is 39.8 Å². The average molecular weight is 194 g/mol. The van der Waals surface area contributed by atoms with Gasteiger partial charge < -0.3 is 10.3 Å². The van der Waals surface area contributed by atoms with Gasteiger partial charge in [-0.2, -0.15) is 0 Å². The van der Waals surface area contributed by atoms with Crippen LogP contribution in [-0.4, -0.2) is 4.57 Å². The van der Waals surface area contributed by atoms with Gasteiger partial charge >= 0.3 is 0 Å². The summed E-state index contributed by atoms with van der Waals surface area (Å²) in [5, 5.41) is 0. The van der Waals surface area contributed by atoms with Gasteiger partial charge in [0.1, 0.15) is 0 Å². The Balaban J connectivity index is 3.06. The topological polar surface area (TPSA) is 48.0 Å². The summed E-state index contributed by atoms with van der Waals surface area (Å²) in [7, 11) is 0. The SMILES string of the molecule is CCCCn1c(C)ccc(CN)c1=O. The van der Waals surface area contributed by atoms with Crippen LogP contribution in [0.1, 0.15) is 31.0 Å². The molecule has 0 aromatic carbocycles. The summed E-state index contributed by atoms with van der Waals surface area (Å²) in [5.41, 5.74) is 7.27. The van der Waals surface area contributed by atoms with E-state index in [-0.39, 0.29) is 5.56 Å². The molecule has 0 unspecified atom stereocenters. The van der Waals surface area contributed by atoms with E-state index in [4.69, 9.17) is 5.73 Å². The van der Waals surface area contributed by atoms with Crippen LogP contribution < -0.4 is 11.3 Å². The minimum absolute atomic E-state index is 0.0703. The highest BCUT2D eigenvalue weighted by Gasteiger charge is 2.03. The van der Waals surface area contributed by atoms with Crippen molar-refractivity contribution in [2.24, 2.45) is 5.73 Å². The first-order valence-corrected chi connectivity index (χ1v) is 5.10. The first-order chi connectivity index (χ1) is 6.70. The fourth-order valence-corrected chi connectivity index (χ4v) is 1.47. The van der Waals surface area contributed by atoms with Gasteiger partial charge in [0.2, 0.25) is 0 Å². The van der Waals surface area contributed by atoms with E-state index in [1.165, 1.54) is 0 Å². The fraction of sp³-hybridized carbons (Fsp3) is 0.545. The van der Waals surface area contributed by atoms with Crippen LogP contribution in [0.15, 0.2) is 16.9 Å². The summed E-state index contributed by atoms with van der Waals surface area (Å²) in [5.74, 6) is 0. The Bertz CT molecular complexity index is 355. The van der Waals surface area contributed by atoms with Gasteiger partial charge in [0, 0.05) is 24.3 Å². The van der Waals surface area contributed by atoms with E-state index in [1.54, 1.807) is 0 Å². The molecule has 3 nitrogen and oxygen atoms in total. The molecule has 14 heavy (non-hydrogen) atoms. The first kappa shape index (κ1) is 11.0. The van der Waals surface area contributed by atoms with Crippen LogP contribution in [0.3, 0.4) is 0 Å². The molecule has 1 aromatic rings. The summed E-state index contributed by atoms with van der Waals surface area (Å²) in [6.07, 6.45) is 2.13. The molecule has 0 radical (unpaired) electrons. The third-order valence-corrected chi connectivity index (χ3v) is 2.43. The van der Waals surface area contributed by atoms with Crippen molar-refractivity contribution in [3.63, 3.8) is 0 Å². The van der Waals surface area contributed by atoms with Crippen LogP contribution in [0, 0.1) is 6.92 Å². The van der Waals surface area contributed by atoms with Crippen molar-refractivity contribution < 1.29 is 0 Å². The number of unbranched alkanes of at least 4 members (excludes halogenated alkanes) is 1. The molecule has 1 rings (SSSR count). The summed E-state index contributed by atoms with van der Waals surface area (Å²) in [4.78, 5) is 11.8. The zero-order valence-corrected chi connectivity index (χ0v) is 8.92. The Labute approximate surface area is 84.6 Å². The van der Waals surface area contributed by atoms with Crippen molar-refractivity contribution >= 4 is 0 Å². The van der Waals surface area contributed by atoms with Gasteiger partial charge in [-0.1, -0.05) is 19.4 Å². The Kier molecular flexibility index (Phi) is 3.89. The molecule has 3 heteroatoms. The standard InChI is InChI=1S/C11H18N2O/c1-3-4-7-13-9(2)5-6-10(8-12)11(13)14/h5-6H,3-4,7-8,12H2,1-2H3. The number of pyridine rings is 1. The molecule has 0 atom stereocenters. The van der Waals surface area contributed by atoms with Gasteiger partial charge in [0.15, 0.2) is 0 Å². The average Bonchev–Trinajstić information content (AvgIpc) is 2.18. The molecule has 0 saturated carbocycles. The number of nitrogens with zero attached hydrogens (tertiary/aromatic N) is 1. The van der Waals surface area contributed by atoms with Gasteiger partial charge in [-0.3, -0.25) is 4.79 Å². The van der Waals surface area contributed by atoms with E-state index in [0.29, 0.717) is 12.1 Å². The number of hydrogen-bond donors (Lipinski definition) is 1. The minimum Gasteiger partial charge on any atom is -0.326 e. The van der Waals surface area contributed by atoms with Crippen LogP contribution >= 0.6 is 0 Å². The lowest BCUT2D eigenvalue weighted by molar-refractivity contribution is 0.594. The second kappa shape index (κ2) is 4.96. The van der Waals surface area contributed by atoms with Gasteiger partial charge in [-0.05, 0) is 19.4 Å². The molecule has 0 aliphatic carbocycles. The normalized spacial score (nSPS) is 10.5. The number of nitrogens with two attached hydrogens (primary N) is 1. The maximum Gasteiger partial charge on any atom is 0.255 e. The first-order valence-electron chi connectivity index (χ1n) is 5.10. The number of aryl methyl sites for hydroxylation is 1. The third kappa shape index (κ3) is 2.23. The molecule has 1 heterocycles. The van der Waals surface area contributed by atoms with E-state index in [2.05, 4.69) is 6.92 Å².